The fourth-order valence-electron chi connectivity index (χ4n) is 5.01. The second-order valence-corrected chi connectivity index (χ2v) is 9.22. The number of benzene rings is 1. The van der Waals surface area contributed by atoms with Gasteiger partial charge in [-0.3, -0.25) is 34.3 Å². The van der Waals surface area contributed by atoms with Gasteiger partial charge in [0.05, 0.1) is 23.8 Å². The number of aromatic nitrogens is 1. The maximum atomic E-state index is 13.1. The Balaban J connectivity index is 1.29. The van der Waals surface area contributed by atoms with Crippen LogP contribution in [0.4, 0.5) is 0 Å². The Hall–Kier alpha value is -3.63. The van der Waals surface area contributed by atoms with E-state index < -0.39 is 35.3 Å². The van der Waals surface area contributed by atoms with Gasteiger partial charge in [-0.1, -0.05) is 12.1 Å². The molecule has 4 amide bonds. The van der Waals surface area contributed by atoms with Gasteiger partial charge in [0, 0.05) is 38.3 Å². The SMILES string of the molecule is COc1ccc(CN2CCC(O)(c3ccc4c(c3)C(=O)N(C3CCC(=O)NC3=O)C4=O)CC2)cn1. The molecule has 2 aromatic rings. The first kappa shape index (κ1) is 23.1. The molecule has 3 aliphatic rings. The van der Waals surface area contributed by atoms with Gasteiger partial charge in [-0.15, -0.1) is 0 Å². The molecule has 35 heavy (non-hydrogen) atoms. The van der Waals surface area contributed by atoms with Crippen molar-refractivity contribution in [1.82, 2.24) is 20.1 Å². The van der Waals surface area contributed by atoms with Crippen LogP contribution >= 0.6 is 0 Å². The highest BCUT2D eigenvalue weighted by Crippen LogP contribution is 2.36. The summed E-state index contributed by atoms with van der Waals surface area (Å²) in [7, 11) is 1.57. The number of pyridine rings is 1. The van der Waals surface area contributed by atoms with E-state index in [1.54, 1.807) is 31.5 Å². The van der Waals surface area contributed by atoms with Crippen molar-refractivity contribution in [2.75, 3.05) is 20.2 Å². The fourth-order valence-corrected chi connectivity index (χ4v) is 5.01. The smallest absolute Gasteiger partial charge is 0.262 e. The number of nitrogens with one attached hydrogen (secondary N) is 1. The average molecular weight is 479 g/mol. The number of nitrogens with zero attached hydrogens (tertiary/aromatic N) is 3. The minimum absolute atomic E-state index is 0.0674. The summed E-state index contributed by atoms with van der Waals surface area (Å²) in [4.78, 5) is 57.1. The molecule has 2 N–H and O–H groups in total. The number of ether oxygens (including phenoxy) is 1. The molecule has 10 nitrogen and oxygen atoms in total. The Morgan fingerprint density at radius 2 is 1.83 bits per heavy atom. The average Bonchev–Trinajstić information content (AvgIpc) is 3.11. The maximum Gasteiger partial charge on any atom is 0.262 e. The molecule has 1 aromatic heterocycles. The number of likely N-dealkylation sites (tertiary alicyclic amines) is 1. The van der Waals surface area contributed by atoms with Crippen molar-refractivity contribution in [2.24, 2.45) is 0 Å². The molecule has 2 saturated heterocycles. The van der Waals surface area contributed by atoms with Crippen LogP contribution in [0.1, 0.15) is 57.5 Å². The van der Waals surface area contributed by atoms with E-state index >= 15 is 0 Å². The Labute approximate surface area is 201 Å². The van der Waals surface area contributed by atoms with E-state index in [4.69, 9.17) is 4.74 Å². The van der Waals surface area contributed by atoms with Crippen LogP contribution in [0.2, 0.25) is 0 Å². The van der Waals surface area contributed by atoms with Gasteiger partial charge >= 0.3 is 0 Å². The van der Waals surface area contributed by atoms with E-state index in [-0.39, 0.29) is 24.0 Å². The number of hydrogen-bond donors (Lipinski definition) is 2. The summed E-state index contributed by atoms with van der Waals surface area (Å²) in [6.07, 6.45) is 2.88. The normalized spacial score (nSPS) is 22.2. The third-order valence-electron chi connectivity index (χ3n) is 7.07. The Bertz CT molecular complexity index is 1200. The monoisotopic (exact) mass is 478 g/mol. The minimum atomic E-state index is -1.13. The highest BCUT2D eigenvalue weighted by Gasteiger charge is 2.45. The molecule has 3 aliphatic heterocycles. The number of carbonyl (C=O) groups is 4. The van der Waals surface area contributed by atoms with Crippen molar-refractivity contribution in [1.29, 1.82) is 0 Å². The van der Waals surface area contributed by atoms with Crippen LogP contribution in [0, 0.1) is 0 Å². The molecule has 1 aromatic carbocycles. The third kappa shape index (κ3) is 4.19. The number of methoxy groups -OCH3 is 1. The van der Waals surface area contributed by atoms with E-state index in [0.717, 1.165) is 10.5 Å². The van der Waals surface area contributed by atoms with Crippen molar-refractivity contribution in [3.8, 4) is 5.88 Å². The lowest BCUT2D eigenvalue weighted by Gasteiger charge is -2.38. The fraction of sp³-hybridized carbons (Fsp3) is 0.400. The predicted octanol–water partition coefficient (Wildman–Crippen LogP) is 0.975. The summed E-state index contributed by atoms with van der Waals surface area (Å²) in [5.41, 5.74) is 0.878. The summed E-state index contributed by atoms with van der Waals surface area (Å²) in [6.45, 7) is 1.99. The largest absolute Gasteiger partial charge is 0.481 e. The van der Waals surface area contributed by atoms with Crippen LogP contribution in [-0.2, 0) is 21.7 Å². The number of amides is 4. The lowest BCUT2D eigenvalue weighted by molar-refractivity contribution is -0.136. The molecular formula is C25H26N4O6. The van der Waals surface area contributed by atoms with Gasteiger partial charge in [-0.2, -0.15) is 0 Å². The van der Waals surface area contributed by atoms with Crippen molar-refractivity contribution in [3.63, 3.8) is 0 Å². The number of hydrogen-bond acceptors (Lipinski definition) is 8. The molecule has 4 heterocycles. The zero-order valence-corrected chi connectivity index (χ0v) is 19.3. The van der Waals surface area contributed by atoms with E-state index in [0.29, 0.717) is 43.9 Å². The minimum Gasteiger partial charge on any atom is -0.481 e. The summed E-state index contributed by atoms with van der Waals surface area (Å²) in [5.74, 6) is -1.63. The number of aliphatic hydroxyl groups is 1. The van der Waals surface area contributed by atoms with E-state index in [2.05, 4.69) is 15.2 Å². The molecule has 0 aliphatic carbocycles. The van der Waals surface area contributed by atoms with Crippen molar-refractivity contribution in [2.45, 2.75) is 43.9 Å². The number of imide groups is 2. The van der Waals surface area contributed by atoms with Crippen molar-refractivity contribution < 1.29 is 29.0 Å². The molecule has 1 unspecified atom stereocenters. The maximum absolute atomic E-state index is 13.1. The van der Waals surface area contributed by atoms with Crippen LogP contribution in [0.25, 0.3) is 0 Å². The van der Waals surface area contributed by atoms with Crippen LogP contribution in [0.15, 0.2) is 36.5 Å². The first-order valence-corrected chi connectivity index (χ1v) is 11.6. The molecule has 0 radical (unpaired) electrons. The van der Waals surface area contributed by atoms with Gasteiger partial charge in [0.15, 0.2) is 0 Å². The topological polar surface area (TPSA) is 129 Å². The second kappa shape index (κ2) is 8.86. The lowest BCUT2D eigenvalue weighted by Crippen LogP contribution is -2.54. The van der Waals surface area contributed by atoms with Crippen LogP contribution in [-0.4, -0.2) is 69.8 Å². The molecule has 0 saturated carbocycles. The molecule has 1 atom stereocenters. The van der Waals surface area contributed by atoms with Crippen LogP contribution in [0.3, 0.4) is 0 Å². The second-order valence-electron chi connectivity index (χ2n) is 9.22. The molecule has 10 heteroatoms. The summed E-state index contributed by atoms with van der Waals surface area (Å²) in [5, 5.41) is 13.6. The molecule has 5 rings (SSSR count). The van der Waals surface area contributed by atoms with Crippen molar-refractivity contribution >= 4 is 23.6 Å². The highest BCUT2D eigenvalue weighted by atomic mass is 16.5. The Morgan fingerprint density at radius 3 is 2.49 bits per heavy atom. The Morgan fingerprint density at radius 1 is 1.09 bits per heavy atom. The highest BCUT2D eigenvalue weighted by molar-refractivity contribution is 6.23. The molecule has 0 bridgehead atoms. The zero-order valence-electron chi connectivity index (χ0n) is 19.3. The summed E-state index contributed by atoms with van der Waals surface area (Å²) in [6, 6.07) is 7.57. The first-order chi connectivity index (χ1) is 16.8. The predicted molar refractivity (Wildman–Crippen MR) is 122 cm³/mol. The van der Waals surface area contributed by atoms with Crippen LogP contribution in [0.5, 0.6) is 5.88 Å². The van der Waals surface area contributed by atoms with Gasteiger partial charge < -0.3 is 9.84 Å². The molecule has 182 valence electrons. The number of rotatable bonds is 5. The Kier molecular flexibility index (Phi) is 5.86. The molecule has 2 fully saturated rings. The van der Waals surface area contributed by atoms with E-state index in [1.165, 1.54) is 0 Å². The summed E-state index contributed by atoms with van der Waals surface area (Å²) < 4.78 is 5.09. The van der Waals surface area contributed by atoms with Crippen LogP contribution < -0.4 is 10.1 Å². The van der Waals surface area contributed by atoms with Gasteiger partial charge in [-0.25, -0.2) is 4.98 Å². The van der Waals surface area contributed by atoms with E-state index in [9.17, 15) is 24.3 Å². The summed E-state index contributed by atoms with van der Waals surface area (Å²) >= 11 is 0. The van der Waals surface area contributed by atoms with Gasteiger partial charge in [0.2, 0.25) is 17.7 Å². The number of carbonyl (C=O) groups excluding carboxylic acids is 4. The third-order valence-corrected chi connectivity index (χ3v) is 7.07. The zero-order chi connectivity index (χ0) is 24.7. The molecule has 0 spiro atoms. The van der Waals surface area contributed by atoms with E-state index in [1.807, 2.05) is 12.1 Å². The van der Waals surface area contributed by atoms with Crippen molar-refractivity contribution in [3.05, 3.63) is 58.8 Å². The standard InChI is InChI=1S/C25H26N4O6/c1-35-21-7-2-15(13-26-21)14-28-10-8-25(34,9-11-28)16-3-4-17-18(12-16)24(33)29(23(17)32)19-5-6-20(30)27-22(19)31/h2-4,7,12-13,19,34H,5-6,8-11,14H2,1H3,(H,27,30,31). The number of piperidine rings is 2. The lowest BCUT2D eigenvalue weighted by atomic mass is 9.83. The van der Waals surface area contributed by atoms with Gasteiger partial charge in [-0.05, 0) is 42.5 Å². The quantitative estimate of drug-likeness (QED) is 0.609. The number of fused-ring (bicyclic) bond motifs is 1. The van der Waals surface area contributed by atoms with Gasteiger partial charge in [0.25, 0.3) is 11.8 Å². The molecular weight excluding hydrogens is 452 g/mol. The van der Waals surface area contributed by atoms with Gasteiger partial charge in [0.1, 0.15) is 6.04 Å². The first-order valence-electron chi connectivity index (χ1n) is 11.6.